The number of benzene rings is 4. The van der Waals surface area contributed by atoms with Crippen molar-refractivity contribution in [2.75, 3.05) is 11.5 Å². The topological polar surface area (TPSA) is 88.1 Å². The summed E-state index contributed by atoms with van der Waals surface area (Å²) in [5.74, 6) is -0.822. The molecule has 0 aromatic heterocycles. The van der Waals surface area contributed by atoms with Gasteiger partial charge in [-0.2, -0.15) is 0 Å². The minimum atomic E-state index is -1.16. The molecule has 0 amide bonds. The van der Waals surface area contributed by atoms with Crippen LogP contribution in [0.4, 0.5) is 0 Å². The van der Waals surface area contributed by atoms with Crippen LogP contribution in [-0.4, -0.2) is 59.3 Å². The van der Waals surface area contributed by atoms with Crippen molar-refractivity contribution in [1.29, 1.82) is 0 Å². The zero-order chi connectivity index (χ0) is 30.7. The average Bonchev–Trinajstić information content (AvgIpc) is 3.08. The van der Waals surface area contributed by atoms with E-state index in [0.717, 1.165) is 4.90 Å². The summed E-state index contributed by atoms with van der Waals surface area (Å²) in [6.45, 7) is 1.96. The molecule has 1 heterocycles. The van der Waals surface area contributed by atoms with Gasteiger partial charge in [-0.3, -0.25) is 0 Å². The van der Waals surface area contributed by atoms with Crippen LogP contribution >= 0.6 is 23.5 Å². The highest BCUT2D eigenvalue weighted by molar-refractivity contribution is 7.99. The highest BCUT2D eigenvalue weighted by Crippen LogP contribution is 2.37. The first-order valence-electron chi connectivity index (χ1n) is 14.3. The van der Waals surface area contributed by atoms with E-state index in [9.17, 15) is 14.4 Å². The third-order valence-electron chi connectivity index (χ3n) is 6.84. The molecule has 44 heavy (non-hydrogen) atoms. The van der Waals surface area contributed by atoms with E-state index < -0.39 is 47.8 Å². The Bertz CT molecular complexity index is 1500. The third-order valence-corrected chi connectivity index (χ3v) is 8.98. The van der Waals surface area contributed by atoms with Crippen LogP contribution in [0.1, 0.15) is 38.0 Å². The number of carbonyl (C=O) groups excluding carboxylic acids is 3. The van der Waals surface area contributed by atoms with Crippen LogP contribution in [0.3, 0.4) is 0 Å². The Hall–Kier alpha value is -4.05. The van der Waals surface area contributed by atoms with Crippen molar-refractivity contribution < 1.29 is 33.3 Å². The maximum absolute atomic E-state index is 13.5. The van der Waals surface area contributed by atoms with E-state index in [1.807, 2.05) is 37.3 Å². The molecule has 0 aliphatic carbocycles. The van der Waals surface area contributed by atoms with Crippen molar-refractivity contribution in [2.24, 2.45) is 0 Å². The van der Waals surface area contributed by atoms with E-state index in [1.54, 1.807) is 91.0 Å². The quantitative estimate of drug-likeness (QED) is 0.0996. The first kappa shape index (κ1) is 31.4. The van der Waals surface area contributed by atoms with Crippen LogP contribution in [0.2, 0.25) is 0 Å². The van der Waals surface area contributed by atoms with Crippen LogP contribution in [0.15, 0.2) is 126 Å². The fourth-order valence-corrected chi connectivity index (χ4v) is 6.63. The largest absolute Gasteiger partial charge is 0.452 e. The molecule has 4 aromatic carbocycles. The summed E-state index contributed by atoms with van der Waals surface area (Å²) in [5, 5.41) is 0. The zero-order valence-electron chi connectivity index (χ0n) is 24.0. The molecule has 0 saturated carbocycles. The van der Waals surface area contributed by atoms with Crippen LogP contribution in [0.5, 0.6) is 0 Å². The van der Waals surface area contributed by atoms with Gasteiger partial charge in [-0.1, -0.05) is 79.7 Å². The second-order valence-electron chi connectivity index (χ2n) is 9.83. The van der Waals surface area contributed by atoms with E-state index in [1.165, 1.54) is 23.5 Å². The first-order chi connectivity index (χ1) is 21.5. The molecule has 7 nitrogen and oxygen atoms in total. The molecule has 4 aromatic rings. The van der Waals surface area contributed by atoms with Gasteiger partial charge in [0.15, 0.2) is 18.3 Å². The van der Waals surface area contributed by atoms with E-state index in [2.05, 4.69) is 0 Å². The van der Waals surface area contributed by atoms with Gasteiger partial charge in [0.1, 0.15) is 11.5 Å². The Morgan fingerprint density at radius 1 is 0.591 bits per heavy atom. The Morgan fingerprint density at radius 2 is 1.00 bits per heavy atom. The summed E-state index contributed by atoms with van der Waals surface area (Å²) in [5.41, 5.74) is 0.280. The molecular formula is C35H32O7S2. The van der Waals surface area contributed by atoms with E-state index in [0.29, 0.717) is 28.2 Å². The summed E-state index contributed by atoms with van der Waals surface area (Å²) in [4.78, 5) is 41.3. The number of esters is 3. The molecule has 1 aliphatic rings. The van der Waals surface area contributed by atoms with Gasteiger partial charge in [0.2, 0.25) is 0 Å². The van der Waals surface area contributed by atoms with Crippen molar-refractivity contribution in [3.8, 4) is 0 Å². The Labute approximate surface area is 265 Å². The van der Waals surface area contributed by atoms with Crippen molar-refractivity contribution in [1.82, 2.24) is 0 Å². The summed E-state index contributed by atoms with van der Waals surface area (Å²) < 4.78 is 24.9. The van der Waals surface area contributed by atoms with E-state index >= 15 is 0 Å². The molecule has 9 heteroatoms. The predicted molar refractivity (Wildman–Crippen MR) is 171 cm³/mol. The summed E-state index contributed by atoms with van der Waals surface area (Å²) >= 11 is 2.96. The van der Waals surface area contributed by atoms with Gasteiger partial charge in [-0.05, 0) is 54.3 Å². The maximum Gasteiger partial charge on any atom is 0.338 e. The number of thioether (sulfide) groups is 2. The van der Waals surface area contributed by atoms with Gasteiger partial charge in [0, 0.05) is 10.6 Å². The molecule has 5 rings (SSSR count). The van der Waals surface area contributed by atoms with Gasteiger partial charge < -0.3 is 18.9 Å². The molecule has 0 spiro atoms. The molecule has 0 unspecified atom stereocenters. The fraction of sp³-hybridized carbons (Fsp3) is 0.229. The van der Waals surface area contributed by atoms with Crippen molar-refractivity contribution in [2.45, 2.75) is 41.7 Å². The second-order valence-corrected chi connectivity index (χ2v) is 12.3. The lowest BCUT2D eigenvalue weighted by Crippen LogP contribution is -2.61. The molecule has 0 radical (unpaired) electrons. The summed E-state index contributed by atoms with van der Waals surface area (Å²) in [7, 11) is 0. The molecule has 5 atom stereocenters. The fourth-order valence-electron chi connectivity index (χ4n) is 4.71. The predicted octanol–water partition coefficient (Wildman–Crippen LogP) is 6.93. The van der Waals surface area contributed by atoms with Crippen molar-refractivity contribution in [3.05, 3.63) is 138 Å². The lowest BCUT2D eigenvalue weighted by Gasteiger charge is -2.44. The Morgan fingerprint density at radius 3 is 1.45 bits per heavy atom. The van der Waals surface area contributed by atoms with Crippen molar-refractivity contribution in [3.63, 3.8) is 0 Å². The van der Waals surface area contributed by atoms with Gasteiger partial charge >= 0.3 is 17.9 Å². The molecule has 0 bridgehead atoms. The number of rotatable bonds is 11. The van der Waals surface area contributed by atoms with Crippen LogP contribution in [0, 0.1) is 0 Å². The van der Waals surface area contributed by atoms with Crippen molar-refractivity contribution >= 4 is 41.4 Å². The van der Waals surface area contributed by atoms with Gasteiger partial charge in [-0.25, -0.2) is 14.4 Å². The molecule has 1 aliphatic heterocycles. The number of ether oxygens (including phenoxy) is 4. The zero-order valence-corrected chi connectivity index (χ0v) is 25.7. The summed E-state index contributed by atoms with van der Waals surface area (Å²) in [6.07, 6.45) is -4.03. The Balaban J connectivity index is 1.52. The van der Waals surface area contributed by atoms with Crippen LogP contribution in [0.25, 0.3) is 0 Å². The highest BCUT2D eigenvalue weighted by Gasteiger charge is 2.52. The molecule has 0 N–H and O–H groups in total. The second kappa shape index (κ2) is 15.6. The van der Waals surface area contributed by atoms with Gasteiger partial charge in [0.25, 0.3) is 0 Å². The smallest absolute Gasteiger partial charge is 0.338 e. The molecule has 226 valence electrons. The van der Waals surface area contributed by atoms with Crippen LogP contribution in [-0.2, 0) is 18.9 Å². The normalized spacial score (nSPS) is 21.2. The monoisotopic (exact) mass is 628 g/mol. The summed E-state index contributed by atoms with van der Waals surface area (Å²) in [6, 6.07) is 35.4. The number of carbonyl (C=O) groups is 3. The molecule has 1 fully saturated rings. The van der Waals surface area contributed by atoms with Gasteiger partial charge in [0.05, 0.1) is 16.7 Å². The number of hydrogen-bond donors (Lipinski definition) is 0. The third kappa shape index (κ3) is 8.11. The minimum absolute atomic E-state index is 0.315. The Kier molecular flexibility index (Phi) is 11.1. The van der Waals surface area contributed by atoms with Gasteiger partial charge in [-0.15, -0.1) is 23.5 Å². The molecule has 1 saturated heterocycles. The lowest BCUT2D eigenvalue weighted by molar-refractivity contribution is -0.193. The SMILES string of the molecule is CCS[C@@H]1O[C@H](CSc2ccccc2)[C@@H](OC(=O)c2ccccc2)[C@H](OC(=O)c2ccccc2)[C@H]1OC(=O)c1ccccc1. The van der Waals surface area contributed by atoms with E-state index in [-0.39, 0.29) is 0 Å². The molecular weight excluding hydrogens is 597 g/mol. The first-order valence-corrected chi connectivity index (χ1v) is 16.3. The maximum atomic E-state index is 13.5. The lowest BCUT2D eigenvalue weighted by atomic mass is 9.99. The average molecular weight is 629 g/mol. The minimum Gasteiger partial charge on any atom is -0.452 e. The van der Waals surface area contributed by atoms with E-state index in [4.69, 9.17) is 18.9 Å². The highest BCUT2D eigenvalue weighted by atomic mass is 32.2. The number of hydrogen-bond acceptors (Lipinski definition) is 9. The standard InChI is InChI=1S/C35H32O7S2/c1-2-43-35-31(42-34(38)26-19-11-5-12-20-26)30(41-33(37)25-17-9-4-10-18-25)29(40-32(36)24-15-7-3-8-16-24)28(39-35)23-44-27-21-13-6-14-22-27/h3-22,28-31,35H,2,23H2,1H3/t28-,29-,30+,31-,35+/m1/s1. The van der Waals surface area contributed by atoms with Crippen LogP contribution < -0.4 is 0 Å².